The van der Waals surface area contributed by atoms with Crippen LogP contribution in [0.15, 0.2) is 105 Å². The van der Waals surface area contributed by atoms with Crippen molar-refractivity contribution in [1.82, 2.24) is 9.66 Å². The van der Waals surface area contributed by atoms with Gasteiger partial charge in [-0.2, -0.15) is 9.78 Å². The van der Waals surface area contributed by atoms with Crippen LogP contribution < -0.4 is 15.0 Å². The third-order valence-corrected chi connectivity index (χ3v) is 7.06. The van der Waals surface area contributed by atoms with Crippen LogP contribution in [0.25, 0.3) is 33.5 Å². The summed E-state index contributed by atoms with van der Waals surface area (Å²) >= 11 is 12.2. The maximum absolute atomic E-state index is 13.6. The predicted octanol–water partition coefficient (Wildman–Crippen LogP) is 7.59. The summed E-state index contributed by atoms with van der Waals surface area (Å²) in [6.45, 7) is 0.269. The highest BCUT2D eigenvalue weighted by Gasteiger charge is 2.18. The van der Waals surface area contributed by atoms with Gasteiger partial charge in [-0.25, -0.2) is 4.98 Å². The van der Waals surface area contributed by atoms with Crippen molar-refractivity contribution in [3.63, 3.8) is 0 Å². The van der Waals surface area contributed by atoms with E-state index in [0.29, 0.717) is 49.4 Å². The summed E-state index contributed by atoms with van der Waals surface area (Å²) in [6.07, 6.45) is 1.56. The highest BCUT2D eigenvalue weighted by atomic mass is 35.5. The highest BCUT2D eigenvalue weighted by molar-refractivity contribution is 6.42. The van der Waals surface area contributed by atoms with Gasteiger partial charge in [-0.15, -0.1) is 0 Å². The number of furan rings is 1. The molecule has 9 heteroatoms. The van der Waals surface area contributed by atoms with Crippen LogP contribution in [0.4, 0.5) is 0 Å². The third kappa shape index (κ3) is 4.93. The first-order valence-electron chi connectivity index (χ1n) is 12.3. The van der Waals surface area contributed by atoms with E-state index in [1.165, 1.54) is 4.68 Å². The van der Waals surface area contributed by atoms with Gasteiger partial charge in [0.05, 0.1) is 39.7 Å². The molecule has 2 aromatic heterocycles. The Kier molecular flexibility index (Phi) is 6.99. The number of methoxy groups -OCH3 is 1. The van der Waals surface area contributed by atoms with E-state index in [1.54, 1.807) is 49.7 Å². The number of hydrogen-bond acceptors (Lipinski definition) is 6. The normalized spacial score (nSPS) is 11.5. The monoisotopic (exact) mass is 569 g/mol. The number of hydrogen-bond donors (Lipinski definition) is 0. The lowest BCUT2D eigenvalue weighted by atomic mass is 10.2. The van der Waals surface area contributed by atoms with Gasteiger partial charge >= 0.3 is 0 Å². The molecule has 6 rings (SSSR count). The molecule has 0 saturated heterocycles. The van der Waals surface area contributed by atoms with Crippen molar-refractivity contribution in [2.75, 3.05) is 7.11 Å². The van der Waals surface area contributed by atoms with Gasteiger partial charge < -0.3 is 13.9 Å². The number of benzene rings is 4. The molecule has 40 heavy (non-hydrogen) atoms. The minimum absolute atomic E-state index is 0.257. The molecule has 0 saturated carbocycles. The number of fused-ring (bicyclic) bond motifs is 2. The van der Waals surface area contributed by atoms with Crippen molar-refractivity contribution in [2.45, 2.75) is 6.61 Å². The van der Waals surface area contributed by atoms with Crippen LogP contribution in [0, 0.1) is 0 Å². The Morgan fingerprint density at radius 2 is 1.70 bits per heavy atom. The summed E-state index contributed by atoms with van der Waals surface area (Å²) < 4.78 is 18.9. The van der Waals surface area contributed by atoms with E-state index in [-0.39, 0.29) is 18.0 Å². The molecular formula is C31H21Cl2N3O4. The van der Waals surface area contributed by atoms with E-state index in [0.717, 1.165) is 10.9 Å². The summed E-state index contributed by atoms with van der Waals surface area (Å²) in [5.74, 6) is 1.86. The summed E-state index contributed by atoms with van der Waals surface area (Å²) in [5.41, 5.74) is 2.33. The minimum atomic E-state index is -0.335. The van der Waals surface area contributed by atoms with Crippen LogP contribution in [0.1, 0.15) is 11.1 Å². The quantitative estimate of drug-likeness (QED) is 0.185. The van der Waals surface area contributed by atoms with Crippen LogP contribution in [0.5, 0.6) is 11.5 Å². The lowest BCUT2D eigenvalue weighted by Gasteiger charge is -2.10. The van der Waals surface area contributed by atoms with Gasteiger partial charge in [-0.05, 0) is 60.2 Å². The van der Waals surface area contributed by atoms with Crippen molar-refractivity contribution in [3.8, 4) is 23.1 Å². The van der Waals surface area contributed by atoms with Crippen LogP contribution in [-0.2, 0) is 6.61 Å². The summed E-state index contributed by atoms with van der Waals surface area (Å²) in [4.78, 5) is 18.4. The maximum atomic E-state index is 13.6. The van der Waals surface area contributed by atoms with Gasteiger partial charge in [-0.1, -0.05) is 59.6 Å². The molecule has 4 aromatic carbocycles. The Bertz CT molecular complexity index is 1960. The summed E-state index contributed by atoms with van der Waals surface area (Å²) in [7, 11) is 1.59. The molecule has 0 amide bonds. The number of para-hydroxylation sites is 2. The molecule has 0 aliphatic carbocycles. The number of rotatable bonds is 7. The molecule has 0 unspecified atom stereocenters. The molecule has 0 N–H and O–H groups in total. The maximum Gasteiger partial charge on any atom is 0.282 e. The Morgan fingerprint density at radius 1 is 0.900 bits per heavy atom. The second-order valence-corrected chi connectivity index (χ2v) is 9.69. The molecule has 0 fully saturated rings. The first kappa shape index (κ1) is 25.7. The number of nitrogens with zero attached hydrogens (tertiary/aromatic N) is 3. The standard InChI is InChI=1S/C31H21Cl2N3O4/c1-38-27-11-6-12-28-22(27)16-29(40-28)30-35-25-9-4-3-8-21(25)31(37)36(30)34-17-20-7-2-5-10-26(20)39-18-19-13-14-23(32)24(33)15-19/h2-17H,18H2,1H3. The van der Waals surface area contributed by atoms with E-state index in [9.17, 15) is 4.79 Å². The zero-order valence-electron chi connectivity index (χ0n) is 21.2. The average Bonchev–Trinajstić information content (AvgIpc) is 3.42. The Morgan fingerprint density at radius 3 is 2.55 bits per heavy atom. The van der Waals surface area contributed by atoms with Crippen LogP contribution in [0.3, 0.4) is 0 Å². The molecule has 198 valence electrons. The Hall–Kier alpha value is -4.59. The molecular weight excluding hydrogens is 549 g/mol. The van der Waals surface area contributed by atoms with Gasteiger partial charge in [-0.3, -0.25) is 4.79 Å². The number of aromatic nitrogens is 2. The first-order valence-corrected chi connectivity index (χ1v) is 13.1. The van der Waals surface area contributed by atoms with E-state index in [1.807, 2.05) is 54.6 Å². The average molecular weight is 570 g/mol. The molecule has 7 nitrogen and oxygen atoms in total. The molecule has 0 atom stereocenters. The number of ether oxygens (including phenoxy) is 2. The van der Waals surface area contributed by atoms with E-state index < -0.39 is 0 Å². The minimum Gasteiger partial charge on any atom is -0.496 e. The lowest BCUT2D eigenvalue weighted by molar-refractivity contribution is 0.306. The third-order valence-electron chi connectivity index (χ3n) is 6.33. The van der Waals surface area contributed by atoms with Crippen molar-refractivity contribution in [1.29, 1.82) is 0 Å². The molecule has 0 radical (unpaired) electrons. The zero-order chi connectivity index (χ0) is 27.6. The Labute approximate surface area is 238 Å². The van der Waals surface area contributed by atoms with Crippen molar-refractivity contribution < 1.29 is 13.9 Å². The molecule has 0 spiro atoms. The van der Waals surface area contributed by atoms with E-state index in [4.69, 9.17) is 42.1 Å². The van der Waals surface area contributed by atoms with Gasteiger partial charge in [0.1, 0.15) is 23.7 Å². The zero-order valence-corrected chi connectivity index (χ0v) is 22.7. The molecule has 6 aromatic rings. The second kappa shape index (κ2) is 10.9. The van der Waals surface area contributed by atoms with E-state index in [2.05, 4.69) is 5.10 Å². The highest BCUT2D eigenvalue weighted by Crippen LogP contribution is 2.33. The lowest BCUT2D eigenvalue weighted by Crippen LogP contribution is -2.20. The fourth-order valence-electron chi connectivity index (χ4n) is 4.34. The molecule has 2 heterocycles. The van der Waals surface area contributed by atoms with Gasteiger partial charge in [0.15, 0.2) is 5.76 Å². The van der Waals surface area contributed by atoms with Gasteiger partial charge in [0, 0.05) is 5.56 Å². The van der Waals surface area contributed by atoms with Crippen LogP contribution >= 0.6 is 23.2 Å². The fourth-order valence-corrected chi connectivity index (χ4v) is 4.66. The number of halogens is 2. The topological polar surface area (TPSA) is 78.9 Å². The van der Waals surface area contributed by atoms with Crippen LogP contribution in [-0.4, -0.2) is 23.0 Å². The van der Waals surface area contributed by atoms with Crippen molar-refractivity contribution >= 4 is 51.3 Å². The predicted molar refractivity (Wildman–Crippen MR) is 158 cm³/mol. The van der Waals surface area contributed by atoms with Gasteiger partial charge in [0.2, 0.25) is 5.82 Å². The van der Waals surface area contributed by atoms with Crippen LogP contribution in [0.2, 0.25) is 10.0 Å². The van der Waals surface area contributed by atoms with Crippen molar-refractivity contribution in [2.24, 2.45) is 5.10 Å². The summed E-state index contributed by atoms with van der Waals surface area (Å²) in [6, 6.07) is 27.1. The largest absolute Gasteiger partial charge is 0.496 e. The second-order valence-electron chi connectivity index (χ2n) is 8.87. The summed E-state index contributed by atoms with van der Waals surface area (Å²) in [5, 5.41) is 6.69. The molecule has 0 bridgehead atoms. The smallest absolute Gasteiger partial charge is 0.282 e. The fraction of sp³-hybridized carbons (Fsp3) is 0.0645. The van der Waals surface area contributed by atoms with Crippen molar-refractivity contribution in [3.05, 3.63) is 123 Å². The van der Waals surface area contributed by atoms with Gasteiger partial charge in [0.25, 0.3) is 5.56 Å². The molecule has 0 aliphatic heterocycles. The first-order chi connectivity index (χ1) is 19.5. The molecule has 0 aliphatic rings. The van der Waals surface area contributed by atoms with E-state index >= 15 is 0 Å². The Balaban J connectivity index is 1.42. The SMILES string of the molecule is COc1cccc2oc(-c3nc4ccccc4c(=O)n3N=Cc3ccccc3OCc3ccc(Cl)c(Cl)c3)cc12.